The molecule has 0 atom stereocenters. The minimum atomic E-state index is -0.319. The summed E-state index contributed by atoms with van der Waals surface area (Å²) in [7, 11) is 0. The number of hydroxylamine groups is 2. The molecule has 0 aromatic rings. The smallest absolute Gasteiger partial charge is 0.0609 e. The Bertz CT molecular complexity index is 213. The lowest BCUT2D eigenvalue weighted by Crippen LogP contribution is -2.59. The second-order valence-electron chi connectivity index (χ2n) is 5.86. The Kier molecular flexibility index (Phi) is 4.81. The van der Waals surface area contributed by atoms with E-state index >= 15 is 0 Å². The molecule has 0 unspecified atom stereocenters. The van der Waals surface area contributed by atoms with Crippen molar-refractivity contribution in [3.05, 3.63) is 5.21 Å². The summed E-state index contributed by atoms with van der Waals surface area (Å²) in [4.78, 5) is 0. The molecular weight excluding hydrogens is 270 g/mol. The highest BCUT2D eigenvalue weighted by atomic mass is 79.9. The standard InChI is InChI=1S/C12H23BrNO2/c1-11(2)8-10(16-7-5-6-13)9-12(3,4)14(11)15/h10H,5-9H2,1-4H3/q-1. The molecule has 0 aromatic heterocycles. The first kappa shape index (κ1) is 14.4. The average Bonchev–Trinajstić information content (AvgIpc) is 2.14. The molecular formula is C12H23BrNO2-. The second-order valence-corrected chi connectivity index (χ2v) is 6.66. The van der Waals surface area contributed by atoms with Crippen molar-refractivity contribution in [1.29, 1.82) is 0 Å². The van der Waals surface area contributed by atoms with E-state index in [2.05, 4.69) is 15.9 Å². The van der Waals surface area contributed by atoms with E-state index in [1.165, 1.54) is 5.06 Å². The number of alkyl halides is 1. The molecule has 0 radical (unpaired) electrons. The quantitative estimate of drug-likeness (QED) is 0.589. The summed E-state index contributed by atoms with van der Waals surface area (Å²) in [5.74, 6) is 0. The van der Waals surface area contributed by atoms with Crippen molar-refractivity contribution in [3.63, 3.8) is 0 Å². The van der Waals surface area contributed by atoms with Gasteiger partial charge in [-0.25, -0.2) is 0 Å². The summed E-state index contributed by atoms with van der Waals surface area (Å²) in [6, 6.07) is 0. The number of halogens is 1. The molecule has 1 heterocycles. The van der Waals surface area contributed by atoms with Crippen molar-refractivity contribution in [3.8, 4) is 0 Å². The van der Waals surface area contributed by atoms with Gasteiger partial charge in [-0.1, -0.05) is 15.9 Å². The lowest BCUT2D eigenvalue weighted by Gasteiger charge is -2.59. The summed E-state index contributed by atoms with van der Waals surface area (Å²) >= 11 is 3.39. The van der Waals surface area contributed by atoms with Crippen molar-refractivity contribution in [1.82, 2.24) is 5.06 Å². The lowest BCUT2D eigenvalue weighted by molar-refractivity contribution is -0.0804. The molecule has 1 aliphatic rings. The van der Waals surface area contributed by atoms with Gasteiger partial charge in [-0.05, 0) is 47.0 Å². The van der Waals surface area contributed by atoms with Crippen LogP contribution in [0, 0.1) is 5.21 Å². The summed E-state index contributed by atoms with van der Waals surface area (Å²) in [6.45, 7) is 8.79. The van der Waals surface area contributed by atoms with Gasteiger partial charge in [0.1, 0.15) is 0 Å². The third-order valence-corrected chi connectivity index (χ3v) is 3.75. The van der Waals surface area contributed by atoms with Crippen LogP contribution in [-0.4, -0.2) is 34.2 Å². The number of nitrogens with zero attached hydrogens (tertiary/aromatic N) is 1. The third kappa shape index (κ3) is 3.42. The number of hydrogen-bond donors (Lipinski definition) is 0. The largest absolute Gasteiger partial charge is 0.784 e. The average molecular weight is 293 g/mol. The molecule has 3 nitrogen and oxygen atoms in total. The molecule has 0 aliphatic carbocycles. The molecule has 0 spiro atoms. The predicted molar refractivity (Wildman–Crippen MR) is 70.7 cm³/mol. The van der Waals surface area contributed by atoms with E-state index in [1.54, 1.807) is 0 Å². The Labute approximate surface area is 107 Å². The number of hydrogen-bond acceptors (Lipinski definition) is 3. The second kappa shape index (κ2) is 5.34. The monoisotopic (exact) mass is 292 g/mol. The van der Waals surface area contributed by atoms with Gasteiger partial charge in [-0.2, -0.15) is 0 Å². The van der Waals surface area contributed by atoms with Crippen molar-refractivity contribution < 1.29 is 4.74 Å². The van der Waals surface area contributed by atoms with Crippen LogP contribution in [0.5, 0.6) is 0 Å². The van der Waals surface area contributed by atoms with Crippen LogP contribution in [0.25, 0.3) is 0 Å². The Morgan fingerprint density at radius 1 is 1.25 bits per heavy atom. The van der Waals surface area contributed by atoms with Gasteiger partial charge in [0, 0.05) is 23.0 Å². The van der Waals surface area contributed by atoms with Gasteiger partial charge in [0.25, 0.3) is 0 Å². The van der Waals surface area contributed by atoms with Gasteiger partial charge in [-0.15, -0.1) is 0 Å². The van der Waals surface area contributed by atoms with Crippen molar-refractivity contribution in [2.24, 2.45) is 0 Å². The molecule has 1 saturated heterocycles. The number of piperidine rings is 1. The van der Waals surface area contributed by atoms with Crippen LogP contribution in [-0.2, 0) is 4.74 Å². The molecule has 0 N–H and O–H groups in total. The van der Waals surface area contributed by atoms with Crippen LogP contribution < -0.4 is 0 Å². The normalized spacial score (nSPS) is 25.9. The molecule has 4 heteroatoms. The van der Waals surface area contributed by atoms with Crippen molar-refractivity contribution in [2.45, 2.75) is 64.1 Å². The maximum absolute atomic E-state index is 12.1. The minimum Gasteiger partial charge on any atom is -0.784 e. The fourth-order valence-corrected chi connectivity index (χ4v) is 2.82. The Morgan fingerprint density at radius 3 is 2.19 bits per heavy atom. The highest BCUT2D eigenvalue weighted by Gasteiger charge is 2.40. The number of rotatable bonds is 4. The zero-order chi connectivity index (χ0) is 12.4. The summed E-state index contributed by atoms with van der Waals surface area (Å²) in [6.07, 6.45) is 2.89. The Balaban J connectivity index is 2.57. The molecule has 1 rings (SSSR count). The van der Waals surface area contributed by atoms with E-state index in [9.17, 15) is 5.21 Å². The topological polar surface area (TPSA) is 35.5 Å². The molecule has 0 bridgehead atoms. The van der Waals surface area contributed by atoms with Crippen LogP contribution in [0.3, 0.4) is 0 Å². The van der Waals surface area contributed by atoms with Gasteiger partial charge in [0.2, 0.25) is 0 Å². The highest BCUT2D eigenvalue weighted by molar-refractivity contribution is 9.09. The Hall–Kier alpha value is 0.360. The summed E-state index contributed by atoms with van der Waals surface area (Å²) in [5, 5.41) is 14.3. The highest BCUT2D eigenvalue weighted by Crippen LogP contribution is 2.38. The summed E-state index contributed by atoms with van der Waals surface area (Å²) in [5.41, 5.74) is -0.637. The first-order chi connectivity index (χ1) is 7.29. The molecule has 0 amide bonds. The predicted octanol–water partition coefficient (Wildman–Crippen LogP) is 3.31. The van der Waals surface area contributed by atoms with E-state index in [4.69, 9.17) is 4.74 Å². The molecule has 0 saturated carbocycles. The van der Waals surface area contributed by atoms with Gasteiger partial charge in [-0.3, -0.25) is 0 Å². The molecule has 96 valence electrons. The molecule has 0 aromatic carbocycles. The number of ether oxygens (including phenoxy) is 1. The maximum Gasteiger partial charge on any atom is 0.0609 e. The first-order valence-corrected chi connectivity index (χ1v) is 7.07. The molecule has 1 fully saturated rings. The van der Waals surface area contributed by atoms with Crippen molar-refractivity contribution >= 4 is 15.9 Å². The fraction of sp³-hybridized carbons (Fsp3) is 1.00. The van der Waals surface area contributed by atoms with E-state index in [-0.39, 0.29) is 17.2 Å². The zero-order valence-electron chi connectivity index (χ0n) is 10.8. The third-order valence-electron chi connectivity index (χ3n) is 3.19. The maximum atomic E-state index is 12.1. The Morgan fingerprint density at radius 2 is 1.75 bits per heavy atom. The van der Waals surface area contributed by atoms with Gasteiger partial charge in [0.05, 0.1) is 6.10 Å². The summed E-state index contributed by atoms with van der Waals surface area (Å²) < 4.78 is 5.85. The van der Waals surface area contributed by atoms with Crippen molar-refractivity contribution in [2.75, 3.05) is 11.9 Å². The SMILES string of the molecule is CC1(C)CC(OCCCBr)CC(C)(C)N1[O-]. The first-order valence-electron chi connectivity index (χ1n) is 5.95. The van der Waals surface area contributed by atoms with Crippen LogP contribution in [0.1, 0.15) is 47.0 Å². The van der Waals surface area contributed by atoms with Crippen LogP contribution >= 0.6 is 15.9 Å². The molecule has 16 heavy (non-hydrogen) atoms. The lowest BCUT2D eigenvalue weighted by atomic mass is 9.80. The minimum absolute atomic E-state index is 0.217. The zero-order valence-corrected chi connectivity index (χ0v) is 12.3. The van der Waals surface area contributed by atoms with E-state index in [0.29, 0.717) is 0 Å². The molecule has 1 aliphatic heterocycles. The van der Waals surface area contributed by atoms with E-state index in [0.717, 1.165) is 31.2 Å². The van der Waals surface area contributed by atoms with Gasteiger partial charge in [0.15, 0.2) is 0 Å². The fourth-order valence-electron chi connectivity index (χ4n) is 2.59. The van der Waals surface area contributed by atoms with Crippen LogP contribution in [0.2, 0.25) is 0 Å². The van der Waals surface area contributed by atoms with Crippen LogP contribution in [0.4, 0.5) is 0 Å². The van der Waals surface area contributed by atoms with Crippen LogP contribution in [0.15, 0.2) is 0 Å². The van der Waals surface area contributed by atoms with Gasteiger partial charge >= 0.3 is 0 Å². The van der Waals surface area contributed by atoms with E-state index in [1.807, 2.05) is 27.7 Å². The van der Waals surface area contributed by atoms with Gasteiger partial charge < -0.3 is 15.0 Å². The van der Waals surface area contributed by atoms with E-state index < -0.39 is 0 Å².